The molecule has 6 aromatic rings. The molecule has 68 heavy (non-hydrogen) atoms. The fourth-order valence-electron chi connectivity index (χ4n) is 13.8. The highest BCUT2D eigenvalue weighted by Gasteiger charge is 2.48. The van der Waals surface area contributed by atoms with Crippen LogP contribution in [0.15, 0.2) is 103 Å². The third kappa shape index (κ3) is 6.63. The van der Waals surface area contributed by atoms with E-state index in [9.17, 15) is 0 Å². The first kappa shape index (κ1) is 45.4. The van der Waals surface area contributed by atoms with E-state index < -0.39 is 0 Å². The third-order valence-corrected chi connectivity index (χ3v) is 18.9. The van der Waals surface area contributed by atoms with Crippen LogP contribution in [-0.4, -0.2) is 6.71 Å². The van der Waals surface area contributed by atoms with Crippen LogP contribution in [0, 0.1) is 13.8 Å². The number of anilines is 6. The second kappa shape index (κ2) is 14.5. The van der Waals surface area contributed by atoms with Crippen LogP contribution in [-0.2, 0) is 37.9 Å². The number of rotatable bonds is 4. The normalized spacial score (nSPS) is 20.6. The van der Waals surface area contributed by atoms with Crippen molar-refractivity contribution in [3.63, 3.8) is 0 Å². The molecule has 0 unspecified atom stereocenters. The molecular weight excluding hydrogens is 820 g/mol. The Bertz CT molecular complexity index is 3080. The van der Waals surface area contributed by atoms with Gasteiger partial charge in [-0.2, -0.15) is 0 Å². The molecule has 0 bridgehead atoms. The van der Waals surface area contributed by atoms with Gasteiger partial charge >= 0.3 is 0 Å². The maximum absolute atomic E-state index is 2.72. The fraction of sp³-hybridized carbons (Fsp3) is 0.446. The molecule has 0 saturated carbocycles. The van der Waals surface area contributed by atoms with Crippen LogP contribution in [0.4, 0.5) is 34.1 Å². The minimum atomic E-state index is -0.204. The average molecular weight is 897 g/mol. The molecule has 6 aromatic carbocycles. The summed E-state index contributed by atoms with van der Waals surface area (Å²) >= 11 is 0. The number of fused-ring (bicyclic) bond motifs is 7. The van der Waals surface area contributed by atoms with Crippen molar-refractivity contribution in [2.75, 3.05) is 9.80 Å². The van der Waals surface area contributed by atoms with Gasteiger partial charge in [-0.05, 0) is 199 Å². The molecule has 0 spiro atoms. The Morgan fingerprint density at radius 1 is 0.397 bits per heavy atom. The molecule has 0 saturated heterocycles. The minimum Gasteiger partial charge on any atom is -0.311 e. The maximum Gasteiger partial charge on any atom is 0.252 e. The zero-order chi connectivity index (χ0) is 48.5. The van der Waals surface area contributed by atoms with Gasteiger partial charge in [0.1, 0.15) is 0 Å². The molecule has 3 heteroatoms. The average Bonchev–Trinajstić information content (AvgIpc) is 3.28. The van der Waals surface area contributed by atoms with Crippen molar-refractivity contribution < 1.29 is 0 Å². The Hall–Kier alpha value is -5.02. The Labute approximate surface area is 411 Å². The lowest BCUT2D eigenvalue weighted by molar-refractivity contribution is 0.332. The van der Waals surface area contributed by atoms with Gasteiger partial charge in [0.05, 0.1) is 0 Å². The summed E-state index contributed by atoms with van der Waals surface area (Å²) in [5.41, 5.74) is 26.9. The predicted octanol–water partition coefficient (Wildman–Crippen LogP) is 15.8. The van der Waals surface area contributed by atoms with E-state index >= 15 is 0 Å². The summed E-state index contributed by atoms with van der Waals surface area (Å²) in [5, 5.41) is 0. The lowest BCUT2D eigenvalue weighted by atomic mass is 9.33. The topological polar surface area (TPSA) is 6.48 Å². The first-order chi connectivity index (χ1) is 31.7. The molecule has 0 amide bonds. The van der Waals surface area contributed by atoms with Crippen molar-refractivity contribution >= 4 is 57.2 Å². The first-order valence-electron chi connectivity index (χ1n) is 26.2. The molecule has 0 fully saturated rings. The minimum absolute atomic E-state index is 0.0390. The lowest BCUT2D eigenvalue weighted by Gasteiger charge is -2.48. The monoisotopic (exact) mass is 897 g/mol. The SMILES string of the molecule is Cc1cc2c3c(c1)N(c1cc4c(cc1C)C(C)(C)CCC4(C)C)c1ccc(C(C)(C)c4ccccc4)cc1B3c1cc3c(cc1N2c1ccc2c(c1)C(C)(C)CCC2(C)C)C(C)(C)CCC3(C)C. The summed E-state index contributed by atoms with van der Waals surface area (Å²) in [6, 6.07) is 42.0. The van der Waals surface area contributed by atoms with Gasteiger partial charge in [0.25, 0.3) is 6.71 Å². The van der Waals surface area contributed by atoms with Crippen LogP contribution >= 0.6 is 0 Å². The summed E-state index contributed by atoms with van der Waals surface area (Å²) in [7, 11) is 0. The summed E-state index contributed by atoms with van der Waals surface area (Å²) < 4.78 is 0. The third-order valence-electron chi connectivity index (χ3n) is 18.9. The molecular formula is C65H77BN2. The smallest absolute Gasteiger partial charge is 0.252 e. The van der Waals surface area contributed by atoms with Crippen molar-refractivity contribution in [3.05, 3.63) is 159 Å². The molecule has 3 aliphatic carbocycles. The van der Waals surface area contributed by atoms with Gasteiger partial charge in [-0.25, -0.2) is 0 Å². The Balaban J connectivity index is 1.26. The molecule has 2 aliphatic heterocycles. The zero-order valence-electron chi connectivity index (χ0n) is 44.5. The second-order valence-corrected chi connectivity index (χ2v) is 26.8. The van der Waals surface area contributed by atoms with E-state index in [4.69, 9.17) is 0 Å². The molecule has 350 valence electrons. The fourth-order valence-corrected chi connectivity index (χ4v) is 13.8. The van der Waals surface area contributed by atoms with Crippen molar-refractivity contribution in [3.8, 4) is 0 Å². The molecule has 11 rings (SSSR count). The van der Waals surface area contributed by atoms with Gasteiger partial charge in [-0.3, -0.25) is 0 Å². The van der Waals surface area contributed by atoms with Crippen LogP contribution in [0.3, 0.4) is 0 Å². The number of hydrogen-bond acceptors (Lipinski definition) is 2. The van der Waals surface area contributed by atoms with Crippen LogP contribution in [0.1, 0.15) is 191 Å². The van der Waals surface area contributed by atoms with Crippen LogP contribution in [0.25, 0.3) is 0 Å². The molecule has 2 nitrogen and oxygen atoms in total. The predicted molar refractivity (Wildman–Crippen MR) is 294 cm³/mol. The number of benzene rings is 6. The summed E-state index contributed by atoms with van der Waals surface area (Å²) in [4.78, 5) is 5.43. The van der Waals surface area contributed by atoms with E-state index in [2.05, 4.69) is 224 Å². The Morgan fingerprint density at radius 2 is 0.868 bits per heavy atom. The van der Waals surface area contributed by atoms with Gasteiger partial charge in [0.15, 0.2) is 0 Å². The summed E-state index contributed by atoms with van der Waals surface area (Å²) in [6.45, 7) is 39.3. The second-order valence-electron chi connectivity index (χ2n) is 26.8. The highest BCUT2D eigenvalue weighted by molar-refractivity contribution is 7.00. The van der Waals surface area contributed by atoms with Gasteiger partial charge < -0.3 is 9.80 Å². The quantitative estimate of drug-likeness (QED) is 0.162. The first-order valence-corrected chi connectivity index (χ1v) is 26.2. The van der Waals surface area contributed by atoms with E-state index in [0.29, 0.717) is 0 Å². The molecule has 0 aromatic heterocycles. The Morgan fingerprint density at radius 3 is 1.44 bits per heavy atom. The molecule has 0 N–H and O–H groups in total. The lowest BCUT2D eigenvalue weighted by Crippen LogP contribution is -2.62. The van der Waals surface area contributed by atoms with Crippen molar-refractivity contribution in [2.24, 2.45) is 0 Å². The molecule has 5 aliphatic rings. The van der Waals surface area contributed by atoms with Crippen LogP contribution in [0.2, 0.25) is 0 Å². The van der Waals surface area contributed by atoms with Crippen LogP contribution < -0.4 is 26.2 Å². The van der Waals surface area contributed by atoms with E-state index in [1.807, 2.05) is 0 Å². The maximum atomic E-state index is 2.72. The molecule has 0 radical (unpaired) electrons. The van der Waals surface area contributed by atoms with Gasteiger partial charge in [-0.15, -0.1) is 0 Å². The van der Waals surface area contributed by atoms with Gasteiger partial charge in [0.2, 0.25) is 0 Å². The van der Waals surface area contributed by atoms with Crippen molar-refractivity contribution in [2.45, 2.75) is 187 Å². The number of hydrogen-bond donors (Lipinski definition) is 0. The van der Waals surface area contributed by atoms with Crippen molar-refractivity contribution in [1.29, 1.82) is 0 Å². The van der Waals surface area contributed by atoms with Gasteiger partial charge in [-0.1, -0.05) is 158 Å². The molecule has 0 atom stereocenters. The van der Waals surface area contributed by atoms with E-state index in [1.54, 1.807) is 0 Å². The van der Waals surface area contributed by atoms with Crippen molar-refractivity contribution in [1.82, 2.24) is 0 Å². The van der Waals surface area contributed by atoms with E-state index in [1.165, 1.54) is 145 Å². The molecule has 2 heterocycles. The van der Waals surface area contributed by atoms with Gasteiger partial charge in [0, 0.05) is 39.5 Å². The van der Waals surface area contributed by atoms with Crippen LogP contribution in [0.5, 0.6) is 0 Å². The number of nitrogens with zero attached hydrogens (tertiary/aromatic N) is 2. The highest BCUT2D eigenvalue weighted by atomic mass is 15.2. The summed E-state index contributed by atoms with van der Waals surface area (Å²) in [5.74, 6) is 0. The van der Waals surface area contributed by atoms with E-state index in [0.717, 1.165) is 0 Å². The Kier molecular flexibility index (Phi) is 9.70. The summed E-state index contributed by atoms with van der Waals surface area (Å²) in [6.07, 6.45) is 7.15. The highest BCUT2D eigenvalue weighted by Crippen LogP contribution is 2.54. The largest absolute Gasteiger partial charge is 0.311 e. The standard InChI is InChI=1S/C65H77BN2/c1-40-32-56-58-57(33-40)68(54-38-49-46(34-41(54)2)60(5,6)28-30-63(49,11)12)53-25-22-43(65(15,16)42-20-18-17-19-21-42)35-51(53)66(58)52-37-48-50(64(13,14)31-29-62(48,9)10)39-55(52)67(56)44-23-24-45-47(36-44)61(7,8)27-26-59(45,3)4/h17-25,32-39H,26-31H2,1-16H3. The van der Waals surface area contributed by atoms with E-state index in [-0.39, 0.29) is 44.6 Å². The number of aryl methyl sites for hydroxylation is 2. The zero-order valence-corrected chi connectivity index (χ0v) is 44.5.